The van der Waals surface area contributed by atoms with Crippen molar-refractivity contribution in [2.24, 2.45) is 5.73 Å². The normalized spacial score (nSPS) is 12.4. The first-order valence-electron chi connectivity index (χ1n) is 7.41. The zero-order chi connectivity index (χ0) is 15.2. The van der Waals surface area contributed by atoms with Crippen LogP contribution in [0.25, 0.3) is 0 Å². The lowest BCUT2D eigenvalue weighted by molar-refractivity contribution is 0.282. The van der Waals surface area contributed by atoms with Crippen molar-refractivity contribution in [3.8, 4) is 5.75 Å². The number of nitrogens with two attached hydrogens (primary N) is 1. The fourth-order valence-electron chi connectivity index (χ4n) is 2.07. The molecule has 0 saturated heterocycles. The highest BCUT2D eigenvalue weighted by Crippen LogP contribution is 2.22. The summed E-state index contributed by atoms with van der Waals surface area (Å²) in [5, 5.41) is 3.89. The van der Waals surface area contributed by atoms with Gasteiger partial charge in [-0.1, -0.05) is 36.7 Å². The summed E-state index contributed by atoms with van der Waals surface area (Å²) in [6.45, 7) is 6.44. The Morgan fingerprint density at radius 1 is 1.33 bits per heavy atom. The lowest BCUT2D eigenvalue weighted by Crippen LogP contribution is -2.21. The lowest BCUT2D eigenvalue weighted by atomic mass is 10.0. The van der Waals surface area contributed by atoms with E-state index >= 15 is 0 Å². The number of aromatic nitrogens is 2. The molecule has 1 aromatic heterocycles. The largest absolute Gasteiger partial charge is 0.485 e. The van der Waals surface area contributed by atoms with Crippen molar-refractivity contribution >= 4 is 0 Å². The fourth-order valence-corrected chi connectivity index (χ4v) is 2.07. The van der Waals surface area contributed by atoms with Crippen LogP contribution in [0.2, 0.25) is 0 Å². The molecule has 0 bridgehead atoms. The second kappa shape index (κ2) is 7.22. The quantitative estimate of drug-likeness (QED) is 0.848. The van der Waals surface area contributed by atoms with Crippen molar-refractivity contribution in [1.29, 1.82) is 0 Å². The zero-order valence-electron chi connectivity index (χ0n) is 12.9. The van der Waals surface area contributed by atoms with E-state index in [1.165, 1.54) is 5.56 Å². The molecule has 114 valence electrons. The Balaban J connectivity index is 2.07. The van der Waals surface area contributed by atoms with Gasteiger partial charge < -0.3 is 15.0 Å². The van der Waals surface area contributed by atoms with Gasteiger partial charge in [-0.05, 0) is 31.4 Å². The summed E-state index contributed by atoms with van der Waals surface area (Å²) >= 11 is 0. The van der Waals surface area contributed by atoms with Crippen molar-refractivity contribution in [3.63, 3.8) is 0 Å². The van der Waals surface area contributed by atoms with Crippen LogP contribution in [0.15, 0.2) is 22.7 Å². The minimum absolute atomic E-state index is 0.144. The molecule has 0 saturated carbocycles. The summed E-state index contributed by atoms with van der Waals surface area (Å²) in [4.78, 5) is 4.24. The Hall–Kier alpha value is -1.88. The highest BCUT2D eigenvalue weighted by molar-refractivity contribution is 5.37. The molecule has 0 aliphatic heterocycles. The molecule has 2 N–H and O–H groups in total. The third-order valence-electron chi connectivity index (χ3n) is 3.39. The van der Waals surface area contributed by atoms with Crippen molar-refractivity contribution in [2.75, 3.05) is 0 Å². The highest BCUT2D eigenvalue weighted by Gasteiger charge is 2.10. The van der Waals surface area contributed by atoms with Crippen molar-refractivity contribution in [2.45, 2.75) is 52.7 Å². The summed E-state index contributed by atoms with van der Waals surface area (Å²) in [5.74, 6) is 2.04. The number of ether oxygens (including phenoxy) is 1. The van der Waals surface area contributed by atoms with E-state index in [0.29, 0.717) is 18.3 Å². The van der Waals surface area contributed by atoms with Gasteiger partial charge in [-0.2, -0.15) is 4.98 Å². The Kier molecular flexibility index (Phi) is 5.33. The van der Waals surface area contributed by atoms with Crippen LogP contribution in [0.1, 0.15) is 43.1 Å². The Bertz CT molecular complexity index is 581. The molecule has 1 atom stereocenters. The van der Waals surface area contributed by atoms with Crippen molar-refractivity contribution in [1.82, 2.24) is 10.1 Å². The maximum absolute atomic E-state index is 6.06. The molecule has 0 aliphatic rings. The van der Waals surface area contributed by atoms with Gasteiger partial charge in [0.25, 0.3) is 0 Å². The molecule has 1 heterocycles. The molecule has 5 nitrogen and oxygen atoms in total. The van der Waals surface area contributed by atoms with E-state index in [4.69, 9.17) is 15.0 Å². The predicted molar refractivity (Wildman–Crippen MR) is 81.2 cm³/mol. The molecule has 21 heavy (non-hydrogen) atoms. The van der Waals surface area contributed by atoms with Gasteiger partial charge in [-0.25, -0.2) is 0 Å². The van der Waals surface area contributed by atoms with Crippen LogP contribution in [0.3, 0.4) is 0 Å². The molecule has 2 rings (SSSR count). The third kappa shape index (κ3) is 4.29. The molecule has 1 unspecified atom stereocenters. The topological polar surface area (TPSA) is 74.2 Å². The Labute approximate surface area is 125 Å². The number of hydrogen-bond acceptors (Lipinski definition) is 5. The average molecular weight is 289 g/mol. The number of hydrogen-bond donors (Lipinski definition) is 1. The summed E-state index contributed by atoms with van der Waals surface area (Å²) in [7, 11) is 0. The SMILES string of the molecule is CCc1nc(COc2ccc(C)cc2CC(N)CC)no1. The standard InChI is InChI=1S/C16H23N3O2/c1-4-13(17)9-12-8-11(3)6-7-14(12)20-10-15-18-16(5-2)21-19-15/h6-8,13H,4-5,9-10,17H2,1-3H3. The van der Waals surface area contributed by atoms with Crippen LogP contribution in [-0.4, -0.2) is 16.2 Å². The first-order valence-corrected chi connectivity index (χ1v) is 7.41. The number of nitrogens with zero attached hydrogens (tertiary/aromatic N) is 2. The van der Waals surface area contributed by atoms with Crippen molar-refractivity contribution in [3.05, 3.63) is 41.0 Å². The first-order chi connectivity index (χ1) is 10.1. The monoisotopic (exact) mass is 289 g/mol. The van der Waals surface area contributed by atoms with Crippen LogP contribution >= 0.6 is 0 Å². The smallest absolute Gasteiger partial charge is 0.226 e. The predicted octanol–water partition coefficient (Wildman–Crippen LogP) is 2.80. The lowest BCUT2D eigenvalue weighted by Gasteiger charge is -2.14. The third-order valence-corrected chi connectivity index (χ3v) is 3.39. The van der Waals surface area contributed by atoms with E-state index in [2.05, 4.69) is 30.1 Å². The molecule has 1 aromatic carbocycles. The molecular weight excluding hydrogens is 266 g/mol. The first kappa shape index (κ1) is 15.5. The van der Waals surface area contributed by atoms with E-state index in [1.807, 2.05) is 19.1 Å². The summed E-state index contributed by atoms with van der Waals surface area (Å²) < 4.78 is 10.9. The molecule has 0 fully saturated rings. The maximum Gasteiger partial charge on any atom is 0.226 e. The van der Waals surface area contributed by atoms with Crippen LogP contribution < -0.4 is 10.5 Å². The van der Waals surface area contributed by atoms with Gasteiger partial charge in [-0.3, -0.25) is 0 Å². The number of rotatable bonds is 7. The molecule has 0 radical (unpaired) electrons. The Morgan fingerprint density at radius 3 is 2.81 bits per heavy atom. The summed E-state index contributed by atoms with van der Waals surface area (Å²) in [6.07, 6.45) is 2.48. The second-order valence-electron chi connectivity index (χ2n) is 5.23. The van der Waals surface area contributed by atoms with Gasteiger partial charge in [0.15, 0.2) is 6.61 Å². The summed E-state index contributed by atoms with van der Waals surface area (Å²) in [6, 6.07) is 6.28. The highest BCUT2D eigenvalue weighted by atomic mass is 16.5. The van der Waals surface area contributed by atoms with E-state index in [-0.39, 0.29) is 6.04 Å². The van der Waals surface area contributed by atoms with Gasteiger partial charge in [0.1, 0.15) is 5.75 Å². The molecule has 5 heteroatoms. The van der Waals surface area contributed by atoms with E-state index in [0.717, 1.165) is 30.6 Å². The second-order valence-corrected chi connectivity index (χ2v) is 5.23. The Morgan fingerprint density at radius 2 is 2.14 bits per heavy atom. The summed E-state index contributed by atoms with van der Waals surface area (Å²) in [5.41, 5.74) is 8.39. The maximum atomic E-state index is 6.06. The zero-order valence-corrected chi connectivity index (χ0v) is 12.9. The van der Waals surface area contributed by atoms with Crippen molar-refractivity contribution < 1.29 is 9.26 Å². The van der Waals surface area contributed by atoms with Gasteiger partial charge in [0, 0.05) is 12.5 Å². The fraction of sp³-hybridized carbons (Fsp3) is 0.500. The van der Waals surface area contributed by atoms with E-state index in [9.17, 15) is 0 Å². The number of benzene rings is 1. The van der Waals surface area contributed by atoms with Gasteiger partial charge >= 0.3 is 0 Å². The van der Waals surface area contributed by atoms with Gasteiger partial charge in [0.2, 0.25) is 11.7 Å². The molecule has 0 spiro atoms. The van der Waals surface area contributed by atoms with E-state index < -0.39 is 0 Å². The molecule has 0 aliphatic carbocycles. The van der Waals surface area contributed by atoms with Crippen LogP contribution in [-0.2, 0) is 19.4 Å². The average Bonchev–Trinajstić information content (AvgIpc) is 2.94. The van der Waals surface area contributed by atoms with Gasteiger partial charge in [-0.15, -0.1) is 0 Å². The molecule has 2 aromatic rings. The minimum Gasteiger partial charge on any atom is -0.485 e. The van der Waals surface area contributed by atoms with Gasteiger partial charge in [0.05, 0.1) is 0 Å². The number of aryl methyl sites for hydroxylation is 2. The van der Waals surface area contributed by atoms with Crippen LogP contribution in [0, 0.1) is 6.92 Å². The molecule has 0 amide bonds. The van der Waals surface area contributed by atoms with E-state index in [1.54, 1.807) is 0 Å². The minimum atomic E-state index is 0.144. The molecular formula is C16H23N3O2. The van der Waals surface area contributed by atoms with Crippen LogP contribution in [0.5, 0.6) is 5.75 Å². The van der Waals surface area contributed by atoms with Crippen LogP contribution in [0.4, 0.5) is 0 Å².